The lowest BCUT2D eigenvalue weighted by Crippen LogP contribution is -2.28. The molecule has 0 radical (unpaired) electrons. The van der Waals surface area contributed by atoms with Crippen LogP contribution in [0.25, 0.3) is 0 Å². The second-order valence-corrected chi connectivity index (χ2v) is 7.27. The maximum atomic E-state index is 12.2. The van der Waals surface area contributed by atoms with Crippen molar-refractivity contribution in [3.63, 3.8) is 0 Å². The van der Waals surface area contributed by atoms with E-state index in [0.717, 1.165) is 22.5 Å². The molecular weight excluding hydrogens is 398 g/mol. The van der Waals surface area contributed by atoms with E-state index >= 15 is 0 Å². The first-order valence-electron chi connectivity index (χ1n) is 9.80. The molecule has 0 spiro atoms. The first kappa shape index (κ1) is 21.9. The van der Waals surface area contributed by atoms with E-state index in [1.807, 2.05) is 48.9 Å². The zero-order valence-corrected chi connectivity index (χ0v) is 17.7. The minimum atomic E-state index is -0.897. The standard InChI is InChI=1S/C23H25N3O5/c1-14-9-10-18(22(29)21(14)28)23(30)31-13-20(27)24-11-19-15(2)25-26(16(19)3)12-17-7-5-4-6-8-17/h4-10,28-29H,11-13H2,1-3H3,(H,24,27). The van der Waals surface area contributed by atoms with Gasteiger partial charge in [-0.1, -0.05) is 36.4 Å². The van der Waals surface area contributed by atoms with Crippen molar-refractivity contribution in [2.75, 3.05) is 6.61 Å². The van der Waals surface area contributed by atoms with E-state index in [0.29, 0.717) is 12.1 Å². The Hall–Kier alpha value is -3.81. The van der Waals surface area contributed by atoms with Gasteiger partial charge in [0, 0.05) is 17.8 Å². The van der Waals surface area contributed by atoms with Crippen LogP contribution in [-0.2, 0) is 22.6 Å². The van der Waals surface area contributed by atoms with E-state index in [2.05, 4.69) is 10.4 Å². The molecule has 31 heavy (non-hydrogen) atoms. The van der Waals surface area contributed by atoms with Gasteiger partial charge in [0.1, 0.15) is 5.56 Å². The molecule has 0 atom stereocenters. The minimum absolute atomic E-state index is 0.204. The van der Waals surface area contributed by atoms with Gasteiger partial charge in [-0.15, -0.1) is 0 Å². The number of aromatic hydroxyl groups is 2. The Bertz CT molecular complexity index is 1110. The molecule has 0 fully saturated rings. The lowest BCUT2D eigenvalue weighted by atomic mass is 10.1. The maximum Gasteiger partial charge on any atom is 0.342 e. The topological polar surface area (TPSA) is 114 Å². The average molecular weight is 423 g/mol. The number of hydrogen-bond acceptors (Lipinski definition) is 6. The maximum absolute atomic E-state index is 12.2. The highest BCUT2D eigenvalue weighted by atomic mass is 16.5. The van der Waals surface area contributed by atoms with Crippen molar-refractivity contribution in [2.24, 2.45) is 0 Å². The third-order valence-electron chi connectivity index (χ3n) is 5.08. The van der Waals surface area contributed by atoms with Crippen LogP contribution in [0.1, 0.15) is 38.4 Å². The van der Waals surface area contributed by atoms with Gasteiger partial charge in [-0.3, -0.25) is 9.48 Å². The summed E-state index contributed by atoms with van der Waals surface area (Å²) in [6.45, 7) is 5.78. The van der Waals surface area contributed by atoms with Gasteiger partial charge in [-0.25, -0.2) is 4.79 Å². The fraction of sp³-hybridized carbons (Fsp3) is 0.261. The number of aryl methyl sites for hydroxylation is 2. The molecule has 0 saturated heterocycles. The molecular formula is C23H25N3O5. The van der Waals surface area contributed by atoms with Gasteiger partial charge in [0.25, 0.3) is 5.91 Å². The molecule has 0 unspecified atom stereocenters. The van der Waals surface area contributed by atoms with Gasteiger partial charge in [0.15, 0.2) is 18.1 Å². The molecule has 0 saturated carbocycles. The van der Waals surface area contributed by atoms with Crippen LogP contribution >= 0.6 is 0 Å². The number of nitrogens with one attached hydrogen (secondary N) is 1. The molecule has 0 aliphatic heterocycles. The van der Waals surface area contributed by atoms with Crippen LogP contribution in [0, 0.1) is 20.8 Å². The van der Waals surface area contributed by atoms with Crippen molar-refractivity contribution in [1.82, 2.24) is 15.1 Å². The lowest BCUT2D eigenvalue weighted by Gasteiger charge is -2.10. The molecule has 3 N–H and O–H groups in total. The van der Waals surface area contributed by atoms with Crippen LogP contribution in [0.5, 0.6) is 11.5 Å². The van der Waals surface area contributed by atoms with Crippen LogP contribution in [0.4, 0.5) is 0 Å². The SMILES string of the molecule is Cc1ccc(C(=O)OCC(=O)NCc2c(C)nn(Cc3ccccc3)c2C)c(O)c1O. The molecule has 0 bridgehead atoms. The van der Waals surface area contributed by atoms with Gasteiger partial charge >= 0.3 is 5.97 Å². The van der Waals surface area contributed by atoms with E-state index in [1.165, 1.54) is 12.1 Å². The van der Waals surface area contributed by atoms with Crippen LogP contribution in [0.3, 0.4) is 0 Å². The van der Waals surface area contributed by atoms with Crippen LogP contribution in [-0.4, -0.2) is 38.5 Å². The van der Waals surface area contributed by atoms with E-state index in [-0.39, 0.29) is 12.1 Å². The molecule has 1 amide bonds. The number of esters is 1. The Morgan fingerprint density at radius 2 is 1.74 bits per heavy atom. The predicted molar refractivity (Wildman–Crippen MR) is 114 cm³/mol. The van der Waals surface area contributed by atoms with Crippen molar-refractivity contribution in [1.29, 1.82) is 0 Å². The van der Waals surface area contributed by atoms with Crippen LogP contribution in [0.15, 0.2) is 42.5 Å². The second-order valence-electron chi connectivity index (χ2n) is 7.27. The van der Waals surface area contributed by atoms with Crippen molar-refractivity contribution in [3.05, 3.63) is 76.1 Å². The van der Waals surface area contributed by atoms with E-state index in [4.69, 9.17) is 4.74 Å². The molecule has 3 rings (SSSR count). The number of carbonyl (C=O) groups excluding carboxylic acids is 2. The summed E-state index contributed by atoms with van der Waals surface area (Å²) >= 11 is 0. The Labute approximate surface area is 180 Å². The van der Waals surface area contributed by atoms with Crippen LogP contribution in [0.2, 0.25) is 0 Å². The van der Waals surface area contributed by atoms with Gasteiger partial charge in [-0.2, -0.15) is 5.10 Å². The number of phenolic OH excluding ortho intramolecular Hbond substituents is 2. The molecule has 1 heterocycles. The van der Waals surface area contributed by atoms with Gasteiger partial charge in [0.2, 0.25) is 0 Å². The van der Waals surface area contributed by atoms with Gasteiger partial charge in [0.05, 0.1) is 12.2 Å². The molecule has 162 valence electrons. The monoisotopic (exact) mass is 423 g/mol. The van der Waals surface area contributed by atoms with E-state index < -0.39 is 30.0 Å². The fourth-order valence-electron chi connectivity index (χ4n) is 3.19. The normalized spacial score (nSPS) is 10.7. The number of rotatable bonds is 7. The highest BCUT2D eigenvalue weighted by molar-refractivity contribution is 5.95. The highest BCUT2D eigenvalue weighted by Gasteiger charge is 2.19. The summed E-state index contributed by atoms with van der Waals surface area (Å²) in [4.78, 5) is 24.3. The average Bonchev–Trinajstić information content (AvgIpc) is 3.02. The Morgan fingerprint density at radius 1 is 1.03 bits per heavy atom. The molecule has 0 aliphatic rings. The number of carbonyl (C=O) groups is 2. The lowest BCUT2D eigenvalue weighted by molar-refractivity contribution is -0.124. The van der Waals surface area contributed by atoms with Crippen molar-refractivity contribution in [2.45, 2.75) is 33.9 Å². The first-order chi connectivity index (χ1) is 14.8. The van der Waals surface area contributed by atoms with Crippen molar-refractivity contribution >= 4 is 11.9 Å². The predicted octanol–water partition coefficient (Wildman–Crippen LogP) is 2.74. The summed E-state index contributed by atoms with van der Waals surface area (Å²) in [5.74, 6) is -2.34. The summed E-state index contributed by atoms with van der Waals surface area (Å²) in [7, 11) is 0. The number of amides is 1. The third kappa shape index (κ3) is 5.03. The first-order valence-corrected chi connectivity index (χ1v) is 9.80. The molecule has 2 aromatic carbocycles. The Morgan fingerprint density at radius 3 is 2.45 bits per heavy atom. The quantitative estimate of drug-likeness (QED) is 0.398. The van der Waals surface area contributed by atoms with Crippen molar-refractivity contribution in [3.8, 4) is 11.5 Å². The number of phenols is 2. The highest BCUT2D eigenvalue weighted by Crippen LogP contribution is 2.32. The zero-order chi connectivity index (χ0) is 22.5. The molecule has 8 nitrogen and oxygen atoms in total. The Kier molecular flexibility index (Phi) is 6.59. The van der Waals surface area contributed by atoms with Crippen molar-refractivity contribution < 1.29 is 24.5 Å². The number of benzene rings is 2. The fourth-order valence-corrected chi connectivity index (χ4v) is 3.19. The van der Waals surface area contributed by atoms with E-state index in [1.54, 1.807) is 6.92 Å². The molecule has 1 aromatic heterocycles. The largest absolute Gasteiger partial charge is 0.504 e. The summed E-state index contributed by atoms with van der Waals surface area (Å²) in [6, 6.07) is 12.8. The number of ether oxygens (including phenoxy) is 1. The number of aromatic nitrogens is 2. The third-order valence-corrected chi connectivity index (χ3v) is 5.08. The summed E-state index contributed by atoms with van der Waals surface area (Å²) < 4.78 is 6.84. The van der Waals surface area contributed by atoms with Crippen LogP contribution < -0.4 is 5.32 Å². The molecule has 3 aromatic rings. The molecule has 0 aliphatic carbocycles. The summed E-state index contributed by atoms with van der Waals surface area (Å²) in [5, 5.41) is 26.9. The summed E-state index contributed by atoms with van der Waals surface area (Å²) in [5.41, 5.74) is 4.00. The number of hydrogen-bond donors (Lipinski definition) is 3. The smallest absolute Gasteiger partial charge is 0.342 e. The van der Waals surface area contributed by atoms with Gasteiger partial charge in [-0.05, 0) is 38.0 Å². The number of nitrogens with zero attached hydrogens (tertiary/aromatic N) is 2. The zero-order valence-electron chi connectivity index (χ0n) is 17.7. The minimum Gasteiger partial charge on any atom is -0.504 e. The summed E-state index contributed by atoms with van der Waals surface area (Å²) in [6.07, 6.45) is 0. The Balaban J connectivity index is 1.56. The molecule has 8 heteroatoms. The van der Waals surface area contributed by atoms with Gasteiger partial charge < -0.3 is 20.3 Å². The van der Waals surface area contributed by atoms with E-state index in [9.17, 15) is 19.8 Å². The second kappa shape index (κ2) is 9.34.